The Morgan fingerprint density at radius 3 is 2.58 bits per heavy atom. The molecule has 1 aromatic rings. The third kappa shape index (κ3) is 8.04. The summed E-state index contributed by atoms with van der Waals surface area (Å²) in [4.78, 5) is 7.55. The summed E-state index contributed by atoms with van der Waals surface area (Å²) < 4.78 is 0. The molecular formula is C16H31N3. The highest BCUT2D eigenvalue weighted by Gasteiger charge is 2.09. The molecule has 3 heteroatoms. The highest BCUT2D eigenvalue weighted by Crippen LogP contribution is 2.10. The molecule has 0 fully saturated rings. The van der Waals surface area contributed by atoms with E-state index in [-0.39, 0.29) is 0 Å². The van der Waals surface area contributed by atoms with Crippen molar-refractivity contribution < 1.29 is 0 Å². The third-order valence-electron chi connectivity index (χ3n) is 3.58. The van der Waals surface area contributed by atoms with E-state index in [2.05, 4.69) is 29.1 Å². The van der Waals surface area contributed by atoms with E-state index in [0.717, 1.165) is 18.8 Å². The number of H-pyrrole nitrogens is 1. The lowest BCUT2D eigenvalue weighted by atomic mass is 10.0. The monoisotopic (exact) mass is 265 g/mol. The highest BCUT2D eigenvalue weighted by atomic mass is 14.9. The molecule has 1 unspecified atom stereocenters. The number of unbranched alkanes of at least 4 members (excludes halogenated alkanes) is 5. The zero-order valence-electron chi connectivity index (χ0n) is 12.8. The first kappa shape index (κ1) is 16.2. The first-order chi connectivity index (χ1) is 9.36. The normalized spacial score (nSPS) is 12.7. The van der Waals surface area contributed by atoms with Crippen LogP contribution in [0.4, 0.5) is 0 Å². The summed E-state index contributed by atoms with van der Waals surface area (Å²) in [5, 5.41) is 3.65. The number of aromatic amines is 1. The van der Waals surface area contributed by atoms with Crippen LogP contribution >= 0.6 is 0 Å². The van der Waals surface area contributed by atoms with Crippen molar-refractivity contribution in [2.75, 3.05) is 6.54 Å². The number of nitrogens with one attached hydrogen (secondary N) is 2. The molecule has 0 amide bonds. The third-order valence-corrected chi connectivity index (χ3v) is 3.58. The Morgan fingerprint density at radius 2 is 1.89 bits per heavy atom. The fourth-order valence-electron chi connectivity index (χ4n) is 2.44. The van der Waals surface area contributed by atoms with Gasteiger partial charge in [0, 0.05) is 24.9 Å². The molecule has 19 heavy (non-hydrogen) atoms. The van der Waals surface area contributed by atoms with Crippen LogP contribution in [-0.4, -0.2) is 22.6 Å². The quantitative estimate of drug-likeness (QED) is 0.559. The second kappa shape index (κ2) is 11.0. The van der Waals surface area contributed by atoms with E-state index in [9.17, 15) is 0 Å². The molecule has 0 bridgehead atoms. The van der Waals surface area contributed by atoms with Crippen LogP contribution in [-0.2, 0) is 6.42 Å². The van der Waals surface area contributed by atoms with E-state index in [0.29, 0.717) is 6.04 Å². The molecule has 1 rings (SSSR count). The van der Waals surface area contributed by atoms with E-state index in [1.807, 2.05) is 12.4 Å². The topological polar surface area (TPSA) is 40.7 Å². The lowest BCUT2D eigenvalue weighted by molar-refractivity contribution is 0.444. The molecule has 0 aliphatic carbocycles. The maximum absolute atomic E-state index is 4.34. The van der Waals surface area contributed by atoms with Crippen molar-refractivity contribution in [1.29, 1.82) is 0 Å². The van der Waals surface area contributed by atoms with Gasteiger partial charge >= 0.3 is 0 Å². The van der Waals surface area contributed by atoms with E-state index < -0.39 is 0 Å². The van der Waals surface area contributed by atoms with Gasteiger partial charge in [0.15, 0.2) is 0 Å². The Hall–Kier alpha value is -0.830. The predicted molar refractivity (Wildman–Crippen MR) is 82.4 cm³/mol. The number of nitrogens with zero attached hydrogens (tertiary/aromatic N) is 1. The van der Waals surface area contributed by atoms with Crippen molar-refractivity contribution in [2.24, 2.45) is 0 Å². The number of hydrogen-bond donors (Lipinski definition) is 2. The minimum absolute atomic E-state index is 0.581. The van der Waals surface area contributed by atoms with Gasteiger partial charge in [-0.3, -0.25) is 0 Å². The van der Waals surface area contributed by atoms with Crippen molar-refractivity contribution in [3.05, 3.63) is 18.2 Å². The average molecular weight is 265 g/mol. The van der Waals surface area contributed by atoms with E-state index in [4.69, 9.17) is 0 Å². The SMILES string of the molecule is CCCCCCCCC(Cc1ncc[nH]1)NCCC. The van der Waals surface area contributed by atoms with Crippen LogP contribution in [0, 0.1) is 0 Å². The lowest BCUT2D eigenvalue weighted by Gasteiger charge is -2.17. The van der Waals surface area contributed by atoms with Crippen LogP contribution in [0.3, 0.4) is 0 Å². The summed E-state index contributed by atoms with van der Waals surface area (Å²) in [6.45, 7) is 5.61. The highest BCUT2D eigenvalue weighted by molar-refractivity contribution is 4.91. The summed E-state index contributed by atoms with van der Waals surface area (Å²) in [5.74, 6) is 1.11. The molecule has 1 aromatic heterocycles. The Balaban J connectivity index is 2.17. The number of hydrogen-bond acceptors (Lipinski definition) is 2. The van der Waals surface area contributed by atoms with Crippen molar-refractivity contribution in [2.45, 2.75) is 77.7 Å². The number of imidazole rings is 1. The van der Waals surface area contributed by atoms with Gasteiger partial charge in [-0.2, -0.15) is 0 Å². The summed E-state index contributed by atoms with van der Waals surface area (Å²) in [5.41, 5.74) is 0. The standard InChI is InChI=1S/C16H31N3/c1-3-5-6-7-8-9-10-15(17-11-4-2)14-16-18-12-13-19-16/h12-13,15,17H,3-11,14H2,1-2H3,(H,18,19). The second-order valence-electron chi connectivity index (χ2n) is 5.45. The number of aromatic nitrogens is 2. The van der Waals surface area contributed by atoms with E-state index >= 15 is 0 Å². The summed E-state index contributed by atoms with van der Waals surface area (Å²) in [6, 6.07) is 0.581. The first-order valence-electron chi connectivity index (χ1n) is 8.08. The van der Waals surface area contributed by atoms with Gasteiger partial charge in [0.25, 0.3) is 0 Å². The Bertz CT molecular complexity index is 282. The molecular weight excluding hydrogens is 234 g/mol. The molecule has 0 aliphatic heterocycles. The molecule has 0 saturated carbocycles. The van der Waals surface area contributed by atoms with Gasteiger partial charge in [-0.05, 0) is 19.4 Å². The van der Waals surface area contributed by atoms with Crippen LogP contribution in [0.25, 0.3) is 0 Å². The molecule has 0 radical (unpaired) electrons. The molecule has 110 valence electrons. The van der Waals surface area contributed by atoms with Crippen molar-refractivity contribution >= 4 is 0 Å². The minimum Gasteiger partial charge on any atom is -0.349 e. The summed E-state index contributed by atoms with van der Waals surface area (Å²) >= 11 is 0. The van der Waals surface area contributed by atoms with Gasteiger partial charge in [0.2, 0.25) is 0 Å². The van der Waals surface area contributed by atoms with E-state index in [1.165, 1.54) is 51.4 Å². The fourth-order valence-corrected chi connectivity index (χ4v) is 2.44. The molecule has 0 aliphatic rings. The fraction of sp³-hybridized carbons (Fsp3) is 0.812. The van der Waals surface area contributed by atoms with Crippen LogP contribution in [0.5, 0.6) is 0 Å². The first-order valence-corrected chi connectivity index (χ1v) is 8.08. The maximum Gasteiger partial charge on any atom is 0.107 e. The minimum atomic E-state index is 0.581. The largest absolute Gasteiger partial charge is 0.349 e. The van der Waals surface area contributed by atoms with Gasteiger partial charge in [0.05, 0.1) is 0 Å². The lowest BCUT2D eigenvalue weighted by Crippen LogP contribution is -2.32. The van der Waals surface area contributed by atoms with Gasteiger partial charge in [-0.25, -0.2) is 4.98 Å². The summed E-state index contributed by atoms with van der Waals surface area (Å²) in [7, 11) is 0. The van der Waals surface area contributed by atoms with Crippen LogP contribution in [0.15, 0.2) is 12.4 Å². The molecule has 0 aromatic carbocycles. The molecule has 3 nitrogen and oxygen atoms in total. The average Bonchev–Trinajstić information content (AvgIpc) is 2.92. The zero-order chi connectivity index (χ0) is 13.8. The summed E-state index contributed by atoms with van der Waals surface area (Å²) in [6.07, 6.45) is 15.5. The predicted octanol–water partition coefficient (Wildman–Crippen LogP) is 4.07. The number of rotatable bonds is 12. The van der Waals surface area contributed by atoms with Crippen LogP contribution in [0.2, 0.25) is 0 Å². The molecule has 0 spiro atoms. The van der Waals surface area contributed by atoms with Gasteiger partial charge in [0.1, 0.15) is 5.82 Å². The maximum atomic E-state index is 4.34. The van der Waals surface area contributed by atoms with Gasteiger partial charge in [-0.15, -0.1) is 0 Å². The molecule has 1 heterocycles. The van der Waals surface area contributed by atoms with Crippen LogP contribution in [0.1, 0.15) is 71.0 Å². The second-order valence-corrected chi connectivity index (χ2v) is 5.45. The van der Waals surface area contributed by atoms with Crippen molar-refractivity contribution in [3.63, 3.8) is 0 Å². The van der Waals surface area contributed by atoms with Gasteiger partial charge < -0.3 is 10.3 Å². The Labute approximate surface area is 118 Å². The smallest absolute Gasteiger partial charge is 0.107 e. The molecule has 2 N–H and O–H groups in total. The van der Waals surface area contributed by atoms with Crippen molar-refractivity contribution in [1.82, 2.24) is 15.3 Å². The van der Waals surface area contributed by atoms with Crippen molar-refractivity contribution in [3.8, 4) is 0 Å². The van der Waals surface area contributed by atoms with E-state index in [1.54, 1.807) is 0 Å². The van der Waals surface area contributed by atoms with Gasteiger partial charge in [-0.1, -0.05) is 52.4 Å². The molecule has 1 atom stereocenters. The Kier molecular flexibility index (Phi) is 9.42. The molecule has 0 saturated heterocycles. The Morgan fingerprint density at radius 1 is 1.11 bits per heavy atom. The zero-order valence-corrected chi connectivity index (χ0v) is 12.8. The van der Waals surface area contributed by atoms with Crippen LogP contribution < -0.4 is 5.32 Å².